The Morgan fingerprint density at radius 3 is 2.59 bits per heavy atom. The van der Waals surface area contributed by atoms with E-state index in [0.717, 1.165) is 24.1 Å². The van der Waals surface area contributed by atoms with Crippen molar-refractivity contribution in [2.45, 2.75) is 30.8 Å². The van der Waals surface area contributed by atoms with Gasteiger partial charge in [-0.15, -0.1) is 0 Å². The maximum atomic E-state index is 13.0. The van der Waals surface area contributed by atoms with Crippen LogP contribution in [-0.2, 0) is 16.6 Å². The fraction of sp³-hybridized carbons (Fsp3) is 0.400. The summed E-state index contributed by atoms with van der Waals surface area (Å²) in [6, 6.07) is 8.39. The fourth-order valence-corrected chi connectivity index (χ4v) is 5.53. The predicted molar refractivity (Wildman–Crippen MR) is 112 cm³/mol. The van der Waals surface area contributed by atoms with Gasteiger partial charge >= 0.3 is 0 Å². The first-order valence-corrected chi connectivity index (χ1v) is 11.5. The number of hydrogen-bond donors (Lipinski definition) is 0. The zero-order valence-electron chi connectivity index (χ0n) is 16.2. The highest BCUT2D eigenvalue weighted by Gasteiger charge is 2.33. The van der Waals surface area contributed by atoms with Crippen molar-refractivity contribution in [2.75, 3.05) is 26.9 Å². The summed E-state index contributed by atoms with van der Waals surface area (Å²) in [5, 5.41) is 1.07. The van der Waals surface area contributed by atoms with Crippen LogP contribution in [0.15, 0.2) is 35.2 Å². The lowest BCUT2D eigenvalue weighted by Gasteiger charge is -2.25. The number of rotatable bonds is 5. The highest BCUT2D eigenvalue weighted by Crippen LogP contribution is 2.37. The third-order valence-corrected chi connectivity index (χ3v) is 8.18. The molecule has 0 radical (unpaired) electrons. The first-order chi connectivity index (χ1) is 13.8. The van der Waals surface area contributed by atoms with Crippen LogP contribution in [-0.4, -0.2) is 50.6 Å². The topological polar surface area (TPSA) is 59.1 Å². The number of fused-ring (bicyclic) bond motifs is 1. The Bertz CT molecular complexity index is 1050. The van der Waals surface area contributed by atoms with Gasteiger partial charge in [-0.05, 0) is 42.7 Å². The highest BCUT2D eigenvalue weighted by atomic mass is 35.5. The molecule has 9 heteroatoms. The first-order valence-electron chi connectivity index (χ1n) is 9.30. The van der Waals surface area contributed by atoms with Crippen LogP contribution < -0.4 is 9.47 Å². The van der Waals surface area contributed by atoms with Crippen molar-refractivity contribution < 1.29 is 17.9 Å². The van der Waals surface area contributed by atoms with E-state index in [9.17, 15) is 8.42 Å². The third kappa shape index (κ3) is 4.07. The molecule has 1 unspecified atom stereocenters. The molecule has 2 aliphatic rings. The summed E-state index contributed by atoms with van der Waals surface area (Å²) in [5.74, 6) is 1.34. The number of hydrogen-bond acceptors (Lipinski definition) is 5. The molecule has 29 heavy (non-hydrogen) atoms. The maximum absolute atomic E-state index is 13.0. The molecule has 2 aromatic rings. The van der Waals surface area contributed by atoms with Crippen LogP contribution in [0, 0.1) is 6.92 Å². The average molecular weight is 457 g/mol. The number of ether oxygens (including phenoxy) is 2. The quantitative estimate of drug-likeness (QED) is 0.681. The molecule has 0 aromatic heterocycles. The Balaban J connectivity index is 1.46. The summed E-state index contributed by atoms with van der Waals surface area (Å²) in [5.41, 5.74) is 1.79. The number of halogens is 2. The molecule has 0 aliphatic carbocycles. The van der Waals surface area contributed by atoms with Gasteiger partial charge < -0.3 is 9.47 Å². The zero-order valence-corrected chi connectivity index (χ0v) is 18.5. The van der Waals surface area contributed by atoms with Crippen LogP contribution >= 0.6 is 23.2 Å². The van der Waals surface area contributed by atoms with Crippen molar-refractivity contribution in [1.29, 1.82) is 0 Å². The minimum absolute atomic E-state index is 0.118. The maximum Gasteiger partial charge on any atom is 0.243 e. The van der Waals surface area contributed by atoms with E-state index in [-0.39, 0.29) is 17.7 Å². The summed E-state index contributed by atoms with van der Waals surface area (Å²) in [6.45, 7) is 4.07. The molecule has 6 nitrogen and oxygen atoms in total. The largest absolute Gasteiger partial charge is 0.454 e. The van der Waals surface area contributed by atoms with Crippen LogP contribution in [0.1, 0.15) is 17.5 Å². The van der Waals surface area contributed by atoms with Gasteiger partial charge in [-0.2, -0.15) is 4.31 Å². The number of benzene rings is 2. The van der Waals surface area contributed by atoms with Crippen molar-refractivity contribution in [2.24, 2.45) is 0 Å². The second-order valence-electron chi connectivity index (χ2n) is 7.41. The van der Waals surface area contributed by atoms with Crippen molar-refractivity contribution in [3.8, 4) is 11.5 Å². The number of sulfonamides is 1. The number of aryl methyl sites for hydroxylation is 1. The lowest BCUT2D eigenvalue weighted by atomic mass is 10.2. The van der Waals surface area contributed by atoms with E-state index in [0.29, 0.717) is 34.6 Å². The van der Waals surface area contributed by atoms with E-state index in [2.05, 4.69) is 4.90 Å². The van der Waals surface area contributed by atoms with Gasteiger partial charge in [-0.3, -0.25) is 4.90 Å². The first kappa shape index (κ1) is 20.8. The Morgan fingerprint density at radius 2 is 1.86 bits per heavy atom. The smallest absolute Gasteiger partial charge is 0.243 e. The van der Waals surface area contributed by atoms with Crippen LogP contribution in [0.4, 0.5) is 0 Å². The van der Waals surface area contributed by atoms with E-state index >= 15 is 0 Å². The van der Waals surface area contributed by atoms with Gasteiger partial charge in [0.15, 0.2) is 11.5 Å². The molecule has 0 amide bonds. The van der Waals surface area contributed by atoms with Crippen molar-refractivity contribution in [3.63, 3.8) is 0 Å². The van der Waals surface area contributed by atoms with Crippen LogP contribution in [0.5, 0.6) is 11.5 Å². The number of likely N-dealkylation sites (tertiary alicyclic amines) is 1. The second-order valence-corrected chi connectivity index (χ2v) is 10.2. The SMILES string of the molecule is Cc1ccc(S(=O)(=O)N(C)C2CCN(Cc3cc4c(cc3Cl)OCO4)C2)cc1Cl. The summed E-state index contributed by atoms with van der Waals surface area (Å²) in [4.78, 5) is 2.41. The van der Waals surface area contributed by atoms with E-state index in [1.54, 1.807) is 25.2 Å². The van der Waals surface area contributed by atoms with Crippen LogP contribution in [0.2, 0.25) is 10.0 Å². The molecule has 0 saturated carbocycles. The molecule has 156 valence electrons. The summed E-state index contributed by atoms with van der Waals surface area (Å²) in [6.07, 6.45) is 0.748. The Labute approximate surface area is 181 Å². The van der Waals surface area contributed by atoms with E-state index in [1.165, 1.54) is 10.4 Å². The predicted octanol–water partition coefficient (Wildman–Crippen LogP) is 3.93. The molecule has 1 saturated heterocycles. The summed E-state index contributed by atoms with van der Waals surface area (Å²) in [7, 11) is -1.98. The molecular formula is C20H22Cl2N2O4S. The van der Waals surface area contributed by atoms with Gasteiger partial charge in [0.2, 0.25) is 16.8 Å². The average Bonchev–Trinajstić information content (AvgIpc) is 3.32. The highest BCUT2D eigenvalue weighted by molar-refractivity contribution is 7.89. The van der Waals surface area contributed by atoms with Gasteiger partial charge in [0.05, 0.1) is 4.90 Å². The minimum Gasteiger partial charge on any atom is -0.454 e. The van der Waals surface area contributed by atoms with Crippen LogP contribution in [0.25, 0.3) is 0 Å². The number of nitrogens with zero attached hydrogens (tertiary/aromatic N) is 2. The monoisotopic (exact) mass is 456 g/mol. The van der Waals surface area contributed by atoms with Gasteiger partial charge in [0.1, 0.15) is 0 Å². The molecule has 2 aliphatic heterocycles. The van der Waals surface area contributed by atoms with Gasteiger partial charge in [-0.25, -0.2) is 8.42 Å². The molecule has 1 atom stereocenters. The van der Waals surface area contributed by atoms with Gasteiger partial charge in [-0.1, -0.05) is 29.3 Å². The van der Waals surface area contributed by atoms with E-state index < -0.39 is 10.0 Å². The number of likely N-dealkylation sites (N-methyl/N-ethyl adjacent to an activating group) is 1. The Hall–Kier alpha value is -1.51. The van der Waals surface area contributed by atoms with Crippen LogP contribution in [0.3, 0.4) is 0 Å². The minimum atomic E-state index is -3.61. The van der Waals surface area contributed by atoms with E-state index in [4.69, 9.17) is 32.7 Å². The summed E-state index contributed by atoms with van der Waals surface area (Å²) >= 11 is 12.5. The van der Waals surface area contributed by atoms with Crippen molar-refractivity contribution in [1.82, 2.24) is 9.21 Å². The van der Waals surface area contributed by atoms with E-state index in [1.807, 2.05) is 13.0 Å². The van der Waals surface area contributed by atoms with Crippen molar-refractivity contribution >= 4 is 33.2 Å². The third-order valence-electron chi connectivity index (χ3n) is 5.52. The fourth-order valence-electron chi connectivity index (χ4n) is 3.67. The summed E-state index contributed by atoms with van der Waals surface area (Å²) < 4.78 is 38.3. The molecule has 0 bridgehead atoms. The Kier molecular flexibility index (Phi) is 5.70. The lowest BCUT2D eigenvalue weighted by Crippen LogP contribution is -2.38. The molecule has 1 fully saturated rings. The zero-order chi connectivity index (χ0) is 20.8. The molecule has 2 aromatic carbocycles. The molecule has 2 heterocycles. The second kappa shape index (κ2) is 7.96. The Morgan fingerprint density at radius 1 is 1.14 bits per heavy atom. The normalized spacial score (nSPS) is 19.3. The molecular weight excluding hydrogens is 435 g/mol. The standard InChI is InChI=1S/C20H22Cl2N2O4S/c1-13-3-4-16(8-17(13)21)29(25,26)23(2)15-5-6-24(11-15)10-14-7-19-20(9-18(14)22)28-12-27-19/h3-4,7-9,15H,5-6,10-12H2,1-2H3. The van der Waals surface area contributed by atoms with Gasteiger partial charge in [0.25, 0.3) is 0 Å². The van der Waals surface area contributed by atoms with Crippen molar-refractivity contribution in [3.05, 3.63) is 51.5 Å². The molecule has 0 spiro atoms. The lowest BCUT2D eigenvalue weighted by molar-refractivity contribution is 0.174. The van der Waals surface area contributed by atoms with Gasteiger partial charge in [0, 0.05) is 48.8 Å². The molecule has 0 N–H and O–H groups in total. The molecule has 4 rings (SSSR count).